The van der Waals surface area contributed by atoms with E-state index in [1.165, 1.54) is 11.8 Å². The Balaban J connectivity index is 1.60. The minimum Gasteiger partial charge on any atom is -0.490 e. The number of halogens is 3. The van der Waals surface area contributed by atoms with Gasteiger partial charge in [0.2, 0.25) is 5.78 Å². The normalized spacial score (nSPS) is 14.1. The van der Waals surface area contributed by atoms with E-state index in [-0.39, 0.29) is 5.78 Å². The van der Waals surface area contributed by atoms with E-state index in [2.05, 4.69) is 15.9 Å². The molecule has 3 nitrogen and oxygen atoms in total. The van der Waals surface area contributed by atoms with E-state index in [9.17, 15) is 4.79 Å². The first-order chi connectivity index (χ1) is 15.0. The SMILES string of the molecule is CCOc1cc(/C=C2\Sc3ccccc3C2=O)cc(Br)c1OCc1ccc(Cl)c(Cl)c1. The van der Waals surface area contributed by atoms with Crippen LogP contribution in [0.4, 0.5) is 0 Å². The second-order valence-corrected chi connectivity index (χ2v) is 9.49. The van der Waals surface area contributed by atoms with E-state index in [0.717, 1.165) is 26.1 Å². The number of fused-ring (bicyclic) bond motifs is 1. The van der Waals surface area contributed by atoms with Gasteiger partial charge in [-0.1, -0.05) is 53.2 Å². The minimum atomic E-state index is 0.0367. The zero-order valence-electron chi connectivity index (χ0n) is 16.5. The smallest absolute Gasteiger partial charge is 0.200 e. The quantitative estimate of drug-likeness (QED) is 0.299. The molecule has 0 bridgehead atoms. The Labute approximate surface area is 203 Å². The van der Waals surface area contributed by atoms with E-state index in [0.29, 0.717) is 39.7 Å². The number of Topliss-reactive ketones (excluding diaryl/α,β-unsaturated/α-hetero) is 1. The number of rotatable bonds is 6. The Morgan fingerprint density at radius 2 is 1.84 bits per heavy atom. The van der Waals surface area contributed by atoms with Crippen molar-refractivity contribution in [3.63, 3.8) is 0 Å². The van der Waals surface area contributed by atoms with Gasteiger partial charge in [-0.25, -0.2) is 0 Å². The molecule has 1 aliphatic rings. The van der Waals surface area contributed by atoms with Gasteiger partial charge in [-0.05, 0) is 76.5 Å². The number of ketones is 1. The number of benzene rings is 3. The van der Waals surface area contributed by atoms with Gasteiger partial charge >= 0.3 is 0 Å². The van der Waals surface area contributed by atoms with E-state index >= 15 is 0 Å². The van der Waals surface area contributed by atoms with Gasteiger partial charge in [0.05, 0.1) is 26.0 Å². The Hall–Kier alpha value is -1.92. The van der Waals surface area contributed by atoms with Gasteiger partial charge in [-0.15, -0.1) is 0 Å². The molecule has 4 rings (SSSR count). The summed E-state index contributed by atoms with van der Waals surface area (Å²) in [6.07, 6.45) is 1.88. The third-order valence-electron chi connectivity index (χ3n) is 4.57. The molecule has 1 aliphatic heterocycles. The van der Waals surface area contributed by atoms with E-state index in [1.807, 2.05) is 55.5 Å². The van der Waals surface area contributed by atoms with Crippen molar-refractivity contribution >= 4 is 62.8 Å². The standard InChI is InChI=1S/C24H17BrCl2O3S/c1-2-29-20-11-15(12-22-23(28)16-5-3-4-6-21(16)31-22)9-17(25)24(20)30-13-14-7-8-18(26)19(27)10-14/h3-12H,2,13H2,1H3/b22-12-. The fraction of sp³-hybridized carbons (Fsp3) is 0.125. The van der Waals surface area contributed by atoms with Crippen LogP contribution in [0.5, 0.6) is 11.5 Å². The van der Waals surface area contributed by atoms with Crippen LogP contribution < -0.4 is 9.47 Å². The van der Waals surface area contributed by atoms with Crippen LogP contribution in [0, 0.1) is 0 Å². The highest BCUT2D eigenvalue weighted by atomic mass is 79.9. The van der Waals surface area contributed by atoms with E-state index in [1.54, 1.807) is 12.1 Å². The molecule has 1 heterocycles. The van der Waals surface area contributed by atoms with Crippen LogP contribution in [0.15, 0.2) is 68.9 Å². The van der Waals surface area contributed by atoms with Crippen LogP contribution in [0.1, 0.15) is 28.4 Å². The highest BCUT2D eigenvalue weighted by molar-refractivity contribution is 9.10. The van der Waals surface area contributed by atoms with Crippen LogP contribution in [-0.2, 0) is 6.61 Å². The molecule has 0 radical (unpaired) electrons. The zero-order valence-corrected chi connectivity index (χ0v) is 20.4. The molecular formula is C24H17BrCl2O3S. The van der Waals surface area contributed by atoms with Gasteiger partial charge < -0.3 is 9.47 Å². The fourth-order valence-electron chi connectivity index (χ4n) is 3.15. The number of hydrogen-bond donors (Lipinski definition) is 0. The molecule has 0 unspecified atom stereocenters. The van der Waals surface area contributed by atoms with Crippen molar-refractivity contribution < 1.29 is 14.3 Å². The first-order valence-corrected chi connectivity index (χ1v) is 11.9. The fourth-order valence-corrected chi connectivity index (χ4v) is 5.09. The molecule has 31 heavy (non-hydrogen) atoms. The first-order valence-electron chi connectivity index (χ1n) is 9.52. The van der Waals surface area contributed by atoms with Crippen LogP contribution in [0.3, 0.4) is 0 Å². The maximum atomic E-state index is 12.7. The van der Waals surface area contributed by atoms with E-state index in [4.69, 9.17) is 32.7 Å². The van der Waals surface area contributed by atoms with Crippen LogP contribution in [0.25, 0.3) is 6.08 Å². The monoisotopic (exact) mass is 534 g/mol. The summed E-state index contributed by atoms with van der Waals surface area (Å²) in [7, 11) is 0. The molecule has 3 aromatic rings. The van der Waals surface area contributed by atoms with Crippen molar-refractivity contribution in [1.82, 2.24) is 0 Å². The van der Waals surface area contributed by atoms with Gasteiger partial charge in [-0.2, -0.15) is 0 Å². The Morgan fingerprint density at radius 3 is 2.58 bits per heavy atom. The summed E-state index contributed by atoms with van der Waals surface area (Å²) in [6.45, 7) is 2.70. The first kappa shape index (κ1) is 22.3. The summed E-state index contributed by atoms with van der Waals surface area (Å²) in [5, 5.41) is 0.981. The predicted molar refractivity (Wildman–Crippen MR) is 131 cm³/mol. The van der Waals surface area contributed by atoms with Crippen molar-refractivity contribution in [2.75, 3.05) is 6.61 Å². The molecule has 0 fully saturated rings. The van der Waals surface area contributed by atoms with Crippen LogP contribution >= 0.6 is 50.9 Å². The molecule has 0 saturated carbocycles. The van der Waals surface area contributed by atoms with Crippen molar-refractivity contribution in [1.29, 1.82) is 0 Å². The molecule has 0 atom stereocenters. The number of carbonyl (C=O) groups is 1. The molecule has 0 amide bonds. The number of allylic oxidation sites excluding steroid dienone is 1. The summed E-state index contributed by atoms with van der Waals surface area (Å²) in [4.78, 5) is 14.4. The molecule has 7 heteroatoms. The lowest BCUT2D eigenvalue weighted by Gasteiger charge is -2.15. The maximum absolute atomic E-state index is 12.7. The molecule has 0 aliphatic carbocycles. The van der Waals surface area contributed by atoms with Gasteiger partial charge in [0.1, 0.15) is 6.61 Å². The molecule has 158 valence electrons. The predicted octanol–water partition coefficient (Wildman–Crippen LogP) is 8.06. The lowest BCUT2D eigenvalue weighted by atomic mass is 10.1. The van der Waals surface area contributed by atoms with Gasteiger partial charge in [0.15, 0.2) is 11.5 Å². The van der Waals surface area contributed by atoms with Gasteiger partial charge in [-0.3, -0.25) is 4.79 Å². The molecule has 3 aromatic carbocycles. The summed E-state index contributed by atoms with van der Waals surface area (Å²) < 4.78 is 12.6. The summed E-state index contributed by atoms with van der Waals surface area (Å²) in [5.74, 6) is 1.22. The van der Waals surface area contributed by atoms with Gasteiger partial charge in [0, 0.05) is 10.5 Å². The Bertz CT molecular complexity index is 1190. The molecule has 0 spiro atoms. The third-order valence-corrected chi connectivity index (χ3v) is 7.00. The molecule has 0 aromatic heterocycles. The largest absolute Gasteiger partial charge is 0.490 e. The summed E-state index contributed by atoms with van der Waals surface area (Å²) in [5.41, 5.74) is 2.48. The average molecular weight is 536 g/mol. The molecule has 0 N–H and O–H groups in total. The van der Waals surface area contributed by atoms with Crippen LogP contribution in [-0.4, -0.2) is 12.4 Å². The summed E-state index contributed by atoms with van der Waals surface area (Å²) in [6, 6.07) is 16.8. The van der Waals surface area contributed by atoms with Crippen molar-refractivity contribution in [2.24, 2.45) is 0 Å². The number of hydrogen-bond acceptors (Lipinski definition) is 4. The van der Waals surface area contributed by atoms with Crippen LogP contribution in [0.2, 0.25) is 10.0 Å². The topological polar surface area (TPSA) is 35.5 Å². The second kappa shape index (κ2) is 9.70. The average Bonchev–Trinajstić information content (AvgIpc) is 3.06. The lowest BCUT2D eigenvalue weighted by molar-refractivity contribution is 0.104. The van der Waals surface area contributed by atoms with E-state index < -0.39 is 0 Å². The highest BCUT2D eigenvalue weighted by Gasteiger charge is 2.25. The Morgan fingerprint density at radius 1 is 1.03 bits per heavy atom. The van der Waals surface area contributed by atoms with Crippen molar-refractivity contribution in [2.45, 2.75) is 18.4 Å². The summed E-state index contributed by atoms with van der Waals surface area (Å²) >= 11 is 17.1. The van der Waals surface area contributed by atoms with Crippen molar-refractivity contribution in [3.05, 3.63) is 90.7 Å². The second-order valence-electron chi connectivity index (χ2n) is 6.74. The van der Waals surface area contributed by atoms with Crippen molar-refractivity contribution in [3.8, 4) is 11.5 Å². The molecule has 0 saturated heterocycles. The lowest BCUT2D eigenvalue weighted by Crippen LogP contribution is -2.01. The Kier molecular flexibility index (Phi) is 6.97. The zero-order chi connectivity index (χ0) is 22.0. The maximum Gasteiger partial charge on any atom is 0.200 e. The molecular weight excluding hydrogens is 519 g/mol. The van der Waals surface area contributed by atoms with Gasteiger partial charge in [0.25, 0.3) is 0 Å². The minimum absolute atomic E-state index is 0.0367. The number of thioether (sulfide) groups is 1. The number of ether oxygens (including phenoxy) is 2. The number of carbonyl (C=O) groups excluding carboxylic acids is 1. The third kappa shape index (κ3) is 4.96. The highest BCUT2D eigenvalue weighted by Crippen LogP contribution is 2.43.